The first-order valence-corrected chi connectivity index (χ1v) is 8.71. The van der Waals surface area contributed by atoms with Crippen LogP contribution in [0.1, 0.15) is 70.5 Å². The number of hydrogen-bond donors (Lipinski definition) is 0. The molecule has 0 saturated carbocycles. The number of rotatable bonds is 8. The van der Waals surface area contributed by atoms with Crippen molar-refractivity contribution in [1.29, 1.82) is 0 Å². The molecule has 3 nitrogen and oxygen atoms in total. The predicted molar refractivity (Wildman–Crippen MR) is 89.1 cm³/mol. The SMILES string of the molecule is CCCC[C@@H]1C[C@H](c2ccc(OC)cc2)O[C@H](CCCC)O1. The fourth-order valence-corrected chi connectivity index (χ4v) is 2.94. The molecule has 1 aromatic carbocycles. The van der Waals surface area contributed by atoms with Gasteiger partial charge in [0.1, 0.15) is 5.75 Å². The Morgan fingerprint density at radius 2 is 1.68 bits per heavy atom. The number of hydrogen-bond acceptors (Lipinski definition) is 3. The van der Waals surface area contributed by atoms with Gasteiger partial charge in [0.15, 0.2) is 6.29 Å². The molecular weight excluding hydrogens is 276 g/mol. The van der Waals surface area contributed by atoms with Crippen LogP contribution in [0.3, 0.4) is 0 Å². The van der Waals surface area contributed by atoms with Crippen molar-refractivity contribution in [2.75, 3.05) is 7.11 Å². The topological polar surface area (TPSA) is 27.7 Å². The van der Waals surface area contributed by atoms with E-state index in [1.54, 1.807) is 7.11 Å². The Kier molecular flexibility index (Phi) is 7.20. The van der Waals surface area contributed by atoms with Crippen LogP contribution in [0.5, 0.6) is 5.75 Å². The summed E-state index contributed by atoms with van der Waals surface area (Å²) in [7, 11) is 1.70. The molecule has 0 radical (unpaired) electrons. The van der Waals surface area contributed by atoms with Crippen molar-refractivity contribution in [3.05, 3.63) is 29.8 Å². The van der Waals surface area contributed by atoms with Crippen LogP contribution in [-0.2, 0) is 9.47 Å². The lowest BCUT2D eigenvalue weighted by Crippen LogP contribution is -2.34. The zero-order valence-electron chi connectivity index (χ0n) is 14.2. The van der Waals surface area contributed by atoms with Gasteiger partial charge in [-0.3, -0.25) is 0 Å². The first-order valence-electron chi connectivity index (χ1n) is 8.71. The molecule has 1 heterocycles. The summed E-state index contributed by atoms with van der Waals surface area (Å²) < 4.78 is 17.6. The van der Waals surface area contributed by atoms with Crippen LogP contribution < -0.4 is 4.74 Å². The second kappa shape index (κ2) is 9.16. The highest BCUT2D eigenvalue weighted by atomic mass is 16.7. The molecule has 2 rings (SSSR count). The molecule has 0 aromatic heterocycles. The third-order valence-electron chi connectivity index (χ3n) is 4.30. The van der Waals surface area contributed by atoms with Crippen LogP contribution in [-0.4, -0.2) is 19.5 Å². The van der Waals surface area contributed by atoms with Crippen LogP contribution >= 0.6 is 0 Å². The van der Waals surface area contributed by atoms with E-state index in [1.165, 1.54) is 24.8 Å². The van der Waals surface area contributed by atoms with Crippen LogP contribution in [0, 0.1) is 0 Å². The quantitative estimate of drug-likeness (QED) is 0.656. The van der Waals surface area contributed by atoms with Crippen molar-refractivity contribution in [2.45, 2.75) is 77.3 Å². The summed E-state index contributed by atoms with van der Waals surface area (Å²) in [5.74, 6) is 0.890. The Labute approximate surface area is 135 Å². The molecule has 1 aliphatic rings. The number of benzene rings is 1. The van der Waals surface area contributed by atoms with E-state index in [9.17, 15) is 0 Å². The predicted octanol–water partition coefficient (Wildman–Crippen LogP) is 5.25. The Balaban J connectivity index is 2.02. The Morgan fingerprint density at radius 1 is 1.00 bits per heavy atom. The van der Waals surface area contributed by atoms with Gasteiger partial charge in [0, 0.05) is 6.42 Å². The van der Waals surface area contributed by atoms with Gasteiger partial charge in [0.05, 0.1) is 19.3 Å². The van der Waals surface area contributed by atoms with Gasteiger partial charge in [0.2, 0.25) is 0 Å². The zero-order chi connectivity index (χ0) is 15.8. The average molecular weight is 306 g/mol. The number of ether oxygens (including phenoxy) is 3. The molecule has 3 atom stereocenters. The van der Waals surface area contributed by atoms with Crippen molar-refractivity contribution in [1.82, 2.24) is 0 Å². The van der Waals surface area contributed by atoms with E-state index >= 15 is 0 Å². The first kappa shape index (κ1) is 17.3. The molecule has 1 aromatic rings. The molecular formula is C19H30O3. The largest absolute Gasteiger partial charge is 0.497 e. The van der Waals surface area contributed by atoms with Gasteiger partial charge in [-0.1, -0.05) is 45.2 Å². The molecule has 3 heteroatoms. The molecule has 1 saturated heterocycles. The van der Waals surface area contributed by atoms with E-state index in [4.69, 9.17) is 14.2 Å². The highest BCUT2D eigenvalue weighted by Crippen LogP contribution is 2.34. The summed E-state index contributed by atoms with van der Waals surface area (Å²) in [6, 6.07) is 8.25. The molecule has 124 valence electrons. The summed E-state index contributed by atoms with van der Waals surface area (Å²) in [6.07, 6.45) is 8.26. The maximum atomic E-state index is 6.20. The van der Waals surface area contributed by atoms with E-state index in [0.717, 1.165) is 31.4 Å². The van der Waals surface area contributed by atoms with E-state index < -0.39 is 0 Å². The van der Waals surface area contributed by atoms with Crippen molar-refractivity contribution in [3.8, 4) is 5.75 Å². The van der Waals surface area contributed by atoms with Crippen LogP contribution in [0.2, 0.25) is 0 Å². The second-order valence-electron chi connectivity index (χ2n) is 6.11. The Hall–Kier alpha value is -1.06. The van der Waals surface area contributed by atoms with Gasteiger partial charge in [-0.25, -0.2) is 0 Å². The molecule has 0 aliphatic carbocycles. The fourth-order valence-electron chi connectivity index (χ4n) is 2.94. The highest BCUT2D eigenvalue weighted by Gasteiger charge is 2.30. The number of methoxy groups -OCH3 is 1. The normalized spacial score (nSPS) is 25.1. The van der Waals surface area contributed by atoms with E-state index in [0.29, 0.717) is 6.10 Å². The molecule has 1 fully saturated rings. The van der Waals surface area contributed by atoms with Gasteiger partial charge < -0.3 is 14.2 Å². The van der Waals surface area contributed by atoms with E-state index in [-0.39, 0.29) is 12.4 Å². The maximum Gasteiger partial charge on any atom is 0.158 e. The van der Waals surface area contributed by atoms with Crippen LogP contribution in [0.15, 0.2) is 24.3 Å². The summed E-state index contributed by atoms with van der Waals surface area (Å²) >= 11 is 0. The van der Waals surface area contributed by atoms with Gasteiger partial charge in [-0.2, -0.15) is 0 Å². The van der Waals surface area contributed by atoms with Gasteiger partial charge in [-0.15, -0.1) is 0 Å². The minimum Gasteiger partial charge on any atom is -0.497 e. The minimum absolute atomic E-state index is 0.0531. The Bertz CT molecular complexity index is 399. The lowest BCUT2D eigenvalue weighted by Gasteiger charge is -2.36. The molecule has 0 spiro atoms. The zero-order valence-corrected chi connectivity index (χ0v) is 14.2. The van der Waals surface area contributed by atoms with Gasteiger partial charge in [0.25, 0.3) is 0 Å². The summed E-state index contributed by atoms with van der Waals surface area (Å²) in [5, 5.41) is 0. The van der Waals surface area contributed by atoms with Crippen LogP contribution in [0.25, 0.3) is 0 Å². The molecule has 0 amide bonds. The Morgan fingerprint density at radius 3 is 2.32 bits per heavy atom. The third kappa shape index (κ3) is 4.99. The smallest absolute Gasteiger partial charge is 0.158 e. The summed E-state index contributed by atoms with van der Waals surface area (Å²) in [5.41, 5.74) is 1.23. The summed E-state index contributed by atoms with van der Waals surface area (Å²) in [4.78, 5) is 0. The molecule has 22 heavy (non-hydrogen) atoms. The molecule has 0 unspecified atom stereocenters. The lowest BCUT2D eigenvalue weighted by molar-refractivity contribution is -0.248. The van der Waals surface area contributed by atoms with Crippen LogP contribution in [0.4, 0.5) is 0 Å². The van der Waals surface area contributed by atoms with E-state index in [2.05, 4.69) is 26.0 Å². The van der Waals surface area contributed by atoms with Crippen molar-refractivity contribution < 1.29 is 14.2 Å². The minimum atomic E-state index is -0.0531. The standard InChI is InChI=1S/C19H30O3/c1-4-6-8-17-14-18(22-19(21-17)9-7-5-2)15-10-12-16(20-3)13-11-15/h10-13,17-19H,4-9,14H2,1-3H3/t17-,18-,19-/m1/s1. The lowest BCUT2D eigenvalue weighted by atomic mass is 9.98. The summed E-state index contributed by atoms with van der Waals surface area (Å²) in [6.45, 7) is 4.44. The highest BCUT2D eigenvalue weighted by molar-refractivity contribution is 5.28. The number of unbranched alkanes of at least 4 members (excludes halogenated alkanes) is 2. The maximum absolute atomic E-state index is 6.20. The van der Waals surface area contributed by atoms with Crippen molar-refractivity contribution in [3.63, 3.8) is 0 Å². The average Bonchev–Trinajstić information content (AvgIpc) is 2.58. The van der Waals surface area contributed by atoms with Gasteiger partial charge in [-0.05, 0) is 37.0 Å². The fraction of sp³-hybridized carbons (Fsp3) is 0.684. The van der Waals surface area contributed by atoms with E-state index in [1.807, 2.05) is 12.1 Å². The van der Waals surface area contributed by atoms with Crippen molar-refractivity contribution >= 4 is 0 Å². The second-order valence-corrected chi connectivity index (χ2v) is 6.11. The first-order chi connectivity index (χ1) is 10.8. The van der Waals surface area contributed by atoms with Gasteiger partial charge >= 0.3 is 0 Å². The monoisotopic (exact) mass is 306 g/mol. The molecule has 0 bridgehead atoms. The third-order valence-corrected chi connectivity index (χ3v) is 4.30. The molecule has 1 aliphatic heterocycles. The van der Waals surface area contributed by atoms with Crippen molar-refractivity contribution in [2.24, 2.45) is 0 Å². The molecule has 0 N–H and O–H groups in total.